The zero-order chi connectivity index (χ0) is 13.0. The van der Waals surface area contributed by atoms with Crippen LogP contribution in [0.5, 0.6) is 0 Å². The third-order valence-electron chi connectivity index (χ3n) is 2.47. The molecule has 0 aliphatic heterocycles. The number of hydrogen-bond donors (Lipinski definition) is 1. The van der Waals surface area contributed by atoms with Crippen LogP contribution < -0.4 is 5.32 Å². The van der Waals surface area contributed by atoms with Crippen molar-refractivity contribution in [1.82, 2.24) is 15.5 Å². The lowest BCUT2D eigenvalue weighted by molar-refractivity contribution is 0.511. The zero-order valence-electron chi connectivity index (χ0n) is 9.91. The van der Waals surface area contributed by atoms with E-state index in [9.17, 15) is 8.78 Å². The molecule has 0 fully saturated rings. The van der Waals surface area contributed by atoms with Crippen LogP contribution in [-0.4, -0.2) is 23.8 Å². The average Bonchev–Trinajstić information content (AvgIpc) is 2.82. The normalized spacial score (nSPS) is 10.8. The molecule has 0 atom stereocenters. The van der Waals surface area contributed by atoms with Crippen LogP contribution in [-0.2, 0) is 6.42 Å². The number of halogens is 2. The third kappa shape index (κ3) is 2.88. The van der Waals surface area contributed by atoms with Gasteiger partial charge in [0.1, 0.15) is 5.01 Å². The van der Waals surface area contributed by atoms with E-state index >= 15 is 0 Å². The van der Waals surface area contributed by atoms with Gasteiger partial charge >= 0.3 is 0 Å². The smallest absolute Gasteiger partial charge is 0.169 e. The van der Waals surface area contributed by atoms with Crippen LogP contribution in [0.1, 0.15) is 11.4 Å². The highest BCUT2D eigenvalue weighted by Gasteiger charge is 2.13. The molecule has 0 unspecified atom stereocenters. The molecule has 1 aromatic carbocycles. The lowest BCUT2D eigenvalue weighted by Crippen LogP contribution is -2.08. The monoisotopic (exact) mass is 269 g/mol. The number of benzene rings is 1. The molecule has 3 nitrogen and oxygen atoms in total. The molecule has 0 amide bonds. The standard InChI is InChI=1S/C12H13F2N3S/c1-15-7-3-6-10-16-17-12(18-10)8-4-2-5-9(13)11(8)14/h2,4-5,15H,3,6-7H2,1H3. The Balaban J connectivity index is 2.16. The van der Waals surface area contributed by atoms with Gasteiger partial charge in [-0.1, -0.05) is 17.4 Å². The topological polar surface area (TPSA) is 37.8 Å². The molecular formula is C12H13F2N3S. The summed E-state index contributed by atoms with van der Waals surface area (Å²) in [6, 6.07) is 4.07. The van der Waals surface area contributed by atoms with E-state index in [4.69, 9.17) is 0 Å². The highest BCUT2D eigenvalue weighted by Crippen LogP contribution is 2.27. The molecule has 18 heavy (non-hydrogen) atoms. The predicted molar refractivity (Wildman–Crippen MR) is 67.5 cm³/mol. The summed E-state index contributed by atoms with van der Waals surface area (Å²) >= 11 is 1.30. The molecule has 0 aliphatic carbocycles. The molecule has 0 saturated carbocycles. The number of hydrogen-bond acceptors (Lipinski definition) is 4. The van der Waals surface area contributed by atoms with Crippen molar-refractivity contribution >= 4 is 11.3 Å². The van der Waals surface area contributed by atoms with E-state index in [0.717, 1.165) is 30.5 Å². The van der Waals surface area contributed by atoms with Crippen molar-refractivity contribution in [3.8, 4) is 10.6 Å². The molecule has 0 aliphatic rings. The second-order valence-electron chi connectivity index (χ2n) is 3.81. The number of nitrogens with one attached hydrogen (secondary N) is 1. The molecule has 0 radical (unpaired) electrons. The van der Waals surface area contributed by atoms with Gasteiger partial charge < -0.3 is 5.32 Å². The Morgan fingerprint density at radius 1 is 1.28 bits per heavy atom. The molecule has 1 aromatic heterocycles. The third-order valence-corrected chi connectivity index (χ3v) is 3.48. The SMILES string of the molecule is CNCCCc1nnc(-c2cccc(F)c2F)s1. The minimum absolute atomic E-state index is 0.173. The Labute approximate surface area is 108 Å². The summed E-state index contributed by atoms with van der Waals surface area (Å²) in [6.07, 6.45) is 1.73. The molecule has 6 heteroatoms. The molecule has 1 N–H and O–H groups in total. The van der Waals surface area contributed by atoms with Crippen molar-refractivity contribution in [3.63, 3.8) is 0 Å². The Morgan fingerprint density at radius 3 is 2.89 bits per heavy atom. The number of nitrogens with zero attached hydrogens (tertiary/aromatic N) is 2. The first-order chi connectivity index (χ1) is 8.72. The van der Waals surface area contributed by atoms with Gasteiger partial charge in [0.2, 0.25) is 0 Å². The predicted octanol–water partition coefficient (Wildman–Crippen LogP) is 2.64. The summed E-state index contributed by atoms with van der Waals surface area (Å²) in [7, 11) is 1.88. The zero-order valence-corrected chi connectivity index (χ0v) is 10.7. The minimum atomic E-state index is -0.865. The van der Waals surface area contributed by atoms with Crippen molar-refractivity contribution < 1.29 is 8.78 Å². The second kappa shape index (κ2) is 5.97. The summed E-state index contributed by atoms with van der Waals surface area (Å²) in [5.41, 5.74) is 0.173. The van der Waals surface area contributed by atoms with E-state index < -0.39 is 11.6 Å². The van der Waals surface area contributed by atoms with Crippen molar-refractivity contribution in [2.24, 2.45) is 0 Å². The highest BCUT2D eigenvalue weighted by molar-refractivity contribution is 7.14. The summed E-state index contributed by atoms with van der Waals surface area (Å²) in [6.45, 7) is 0.892. The Bertz CT molecular complexity index is 528. The van der Waals surface area contributed by atoms with Crippen LogP contribution in [0.15, 0.2) is 18.2 Å². The Morgan fingerprint density at radius 2 is 2.11 bits per heavy atom. The minimum Gasteiger partial charge on any atom is -0.320 e. The maximum absolute atomic E-state index is 13.6. The largest absolute Gasteiger partial charge is 0.320 e. The first-order valence-corrected chi connectivity index (χ1v) is 6.45. The van der Waals surface area contributed by atoms with E-state index in [1.165, 1.54) is 23.5 Å². The van der Waals surface area contributed by atoms with Crippen LogP contribution >= 0.6 is 11.3 Å². The first kappa shape index (κ1) is 13.0. The first-order valence-electron chi connectivity index (χ1n) is 5.63. The van der Waals surface area contributed by atoms with E-state index in [2.05, 4.69) is 15.5 Å². The summed E-state index contributed by atoms with van der Waals surface area (Å²) < 4.78 is 26.7. The Hall–Kier alpha value is -1.40. The van der Waals surface area contributed by atoms with E-state index in [-0.39, 0.29) is 5.56 Å². The van der Waals surface area contributed by atoms with E-state index in [1.807, 2.05) is 7.05 Å². The van der Waals surface area contributed by atoms with Crippen LogP contribution in [0.4, 0.5) is 8.78 Å². The van der Waals surface area contributed by atoms with E-state index in [0.29, 0.717) is 5.01 Å². The lowest BCUT2D eigenvalue weighted by Gasteiger charge is -1.98. The maximum Gasteiger partial charge on any atom is 0.169 e. The molecule has 2 aromatic rings. The number of aryl methyl sites for hydroxylation is 1. The van der Waals surface area contributed by atoms with Crippen LogP contribution in [0.2, 0.25) is 0 Å². The summed E-state index contributed by atoms with van der Waals surface area (Å²) in [5.74, 6) is -1.73. The molecule has 96 valence electrons. The van der Waals surface area contributed by atoms with Gasteiger partial charge in [0.05, 0.1) is 5.56 Å². The molecule has 1 heterocycles. The van der Waals surface area contributed by atoms with Crippen LogP contribution in [0.25, 0.3) is 10.6 Å². The fourth-order valence-corrected chi connectivity index (χ4v) is 2.45. The summed E-state index contributed by atoms with van der Waals surface area (Å²) in [5, 5.41) is 12.2. The fourth-order valence-electron chi connectivity index (χ4n) is 1.55. The molecule has 2 rings (SSSR count). The Kier molecular flexibility index (Phi) is 4.33. The van der Waals surface area contributed by atoms with Crippen LogP contribution in [0.3, 0.4) is 0 Å². The maximum atomic E-state index is 13.6. The van der Waals surface area contributed by atoms with Gasteiger partial charge in [-0.05, 0) is 32.1 Å². The molecule has 0 bridgehead atoms. The lowest BCUT2D eigenvalue weighted by atomic mass is 10.2. The number of rotatable bonds is 5. The van der Waals surface area contributed by atoms with Crippen molar-refractivity contribution in [2.45, 2.75) is 12.8 Å². The van der Waals surface area contributed by atoms with Crippen LogP contribution in [0, 0.1) is 11.6 Å². The second-order valence-corrected chi connectivity index (χ2v) is 4.87. The molecule has 0 saturated heterocycles. The molecule has 0 spiro atoms. The van der Waals surface area contributed by atoms with Gasteiger partial charge in [0, 0.05) is 6.42 Å². The number of aromatic nitrogens is 2. The highest BCUT2D eigenvalue weighted by atomic mass is 32.1. The van der Waals surface area contributed by atoms with Gasteiger partial charge in [-0.15, -0.1) is 10.2 Å². The van der Waals surface area contributed by atoms with Gasteiger partial charge in [-0.25, -0.2) is 8.78 Å². The van der Waals surface area contributed by atoms with Crippen molar-refractivity contribution in [2.75, 3.05) is 13.6 Å². The summed E-state index contributed by atoms with van der Waals surface area (Å²) in [4.78, 5) is 0. The van der Waals surface area contributed by atoms with Gasteiger partial charge in [-0.2, -0.15) is 0 Å². The van der Waals surface area contributed by atoms with E-state index in [1.54, 1.807) is 0 Å². The average molecular weight is 269 g/mol. The molecular weight excluding hydrogens is 256 g/mol. The fraction of sp³-hybridized carbons (Fsp3) is 0.333. The van der Waals surface area contributed by atoms with Gasteiger partial charge in [0.25, 0.3) is 0 Å². The van der Waals surface area contributed by atoms with Crippen molar-refractivity contribution in [1.29, 1.82) is 0 Å². The quantitative estimate of drug-likeness (QED) is 0.848. The van der Waals surface area contributed by atoms with Crippen molar-refractivity contribution in [3.05, 3.63) is 34.8 Å². The van der Waals surface area contributed by atoms with Gasteiger partial charge in [-0.3, -0.25) is 0 Å². The van der Waals surface area contributed by atoms with Gasteiger partial charge in [0.15, 0.2) is 16.6 Å².